The van der Waals surface area contributed by atoms with Crippen LogP contribution in [0.15, 0.2) is 36.4 Å². The van der Waals surface area contributed by atoms with E-state index in [4.69, 9.17) is 0 Å². The lowest BCUT2D eigenvalue weighted by Crippen LogP contribution is -1.99. The molecule has 0 unspecified atom stereocenters. The third kappa shape index (κ3) is 11.8. The molecule has 0 aliphatic heterocycles. The first-order valence-corrected chi connectivity index (χ1v) is 17.6. The van der Waals surface area contributed by atoms with Crippen LogP contribution in [0.4, 0.5) is 0 Å². The van der Waals surface area contributed by atoms with E-state index in [1.54, 1.807) is 33.4 Å². The molecule has 0 saturated heterocycles. The topological polar surface area (TPSA) is 0 Å². The fraction of sp³-hybridized carbons (Fsp3) is 0.692. The highest BCUT2D eigenvalue weighted by molar-refractivity contribution is 5.33. The van der Waals surface area contributed by atoms with Gasteiger partial charge < -0.3 is 0 Å². The molecule has 216 valence electrons. The van der Waals surface area contributed by atoms with Crippen molar-refractivity contribution < 1.29 is 0 Å². The fourth-order valence-corrected chi connectivity index (χ4v) is 7.19. The van der Waals surface area contributed by atoms with Crippen LogP contribution in [0.3, 0.4) is 0 Å². The van der Waals surface area contributed by atoms with E-state index in [-0.39, 0.29) is 0 Å². The largest absolute Gasteiger partial charge is 0.0588 e. The maximum absolute atomic E-state index is 2.62. The number of hydrogen-bond donors (Lipinski definition) is 0. The Hall–Kier alpha value is -1.56. The molecule has 0 aromatic heterocycles. The fourth-order valence-electron chi connectivity index (χ4n) is 7.19. The average molecular weight is 529 g/mol. The molecule has 0 spiro atoms. The van der Waals surface area contributed by atoms with Crippen molar-refractivity contribution in [3.63, 3.8) is 0 Å². The first kappa shape index (κ1) is 30.4. The lowest BCUT2D eigenvalue weighted by molar-refractivity contribution is 0.567. The Morgan fingerprint density at radius 2 is 0.487 bits per heavy atom. The normalized spacial score (nSPS) is 20.6. The summed E-state index contributed by atoms with van der Waals surface area (Å²) < 4.78 is 0. The van der Waals surface area contributed by atoms with E-state index < -0.39 is 0 Å². The van der Waals surface area contributed by atoms with Crippen molar-refractivity contribution >= 4 is 0 Å². The zero-order valence-corrected chi connectivity index (χ0v) is 25.6. The number of rotatable bonds is 0. The molecule has 0 nitrogen and oxygen atoms in total. The smallest absolute Gasteiger partial charge is 0.0276 e. The monoisotopic (exact) mass is 528 g/mol. The van der Waals surface area contributed by atoms with Crippen LogP contribution in [-0.4, -0.2) is 0 Å². The highest BCUT2D eigenvalue weighted by atomic mass is 14.1. The summed E-state index contributed by atoms with van der Waals surface area (Å²) in [6.45, 7) is 0. The predicted octanol–water partition coefficient (Wildman–Crippen LogP) is 11.9. The minimum Gasteiger partial charge on any atom is -0.0588 e. The van der Waals surface area contributed by atoms with Gasteiger partial charge in [-0.1, -0.05) is 133 Å². The Morgan fingerprint density at radius 1 is 0.231 bits per heavy atom. The minimum absolute atomic E-state index is 1.28. The zero-order valence-electron chi connectivity index (χ0n) is 25.6. The molecule has 0 saturated carbocycles. The lowest BCUT2D eigenvalue weighted by Gasteiger charge is -2.14. The second kappa shape index (κ2) is 18.7. The summed E-state index contributed by atoms with van der Waals surface area (Å²) in [4.78, 5) is 0. The van der Waals surface area contributed by atoms with Crippen molar-refractivity contribution in [1.82, 2.24) is 0 Å². The third-order valence-electron chi connectivity index (χ3n) is 9.76. The van der Waals surface area contributed by atoms with Gasteiger partial charge in [0, 0.05) is 0 Å². The number of hydrogen-bond acceptors (Lipinski definition) is 0. The van der Waals surface area contributed by atoms with Crippen LogP contribution in [0.2, 0.25) is 0 Å². The van der Waals surface area contributed by atoms with Crippen LogP contribution < -0.4 is 0 Å². The van der Waals surface area contributed by atoms with Gasteiger partial charge in [0.25, 0.3) is 0 Å². The van der Waals surface area contributed by atoms with Crippen molar-refractivity contribution in [1.29, 1.82) is 0 Å². The number of fused-ring (bicyclic) bond motifs is 10. The standard InChI is InChI=1S/C39H60/c1-4-10-16-22-34-28-30-36-24-18-12-6-2-7-13-19-25-37-31-29-35(23-17-11-5-1)33-39(37)27-21-15-9-3-8-14-20-26-38(36)32-34/h28-33H,1-27H2. The van der Waals surface area contributed by atoms with Crippen molar-refractivity contribution in [3.05, 3.63) is 69.8 Å². The van der Waals surface area contributed by atoms with Gasteiger partial charge in [-0.3, -0.25) is 0 Å². The third-order valence-corrected chi connectivity index (χ3v) is 9.76. The van der Waals surface area contributed by atoms with Gasteiger partial charge >= 0.3 is 0 Å². The van der Waals surface area contributed by atoms with E-state index in [1.807, 2.05) is 0 Å². The summed E-state index contributed by atoms with van der Waals surface area (Å²) in [5.74, 6) is 0. The summed E-state index contributed by atoms with van der Waals surface area (Å²) in [6, 6.07) is 15.2. The van der Waals surface area contributed by atoms with Gasteiger partial charge in [0.1, 0.15) is 0 Å². The Kier molecular flexibility index (Phi) is 14.6. The molecule has 2 aromatic carbocycles. The van der Waals surface area contributed by atoms with Crippen molar-refractivity contribution in [3.8, 4) is 0 Å². The van der Waals surface area contributed by atoms with Crippen molar-refractivity contribution in [2.24, 2.45) is 0 Å². The van der Waals surface area contributed by atoms with Crippen LogP contribution in [-0.2, 0) is 38.5 Å². The summed E-state index contributed by atoms with van der Waals surface area (Å²) in [5.41, 5.74) is 9.95. The molecule has 0 N–H and O–H groups in total. The molecule has 0 radical (unpaired) electrons. The lowest BCUT2D eigenvalue weighted by atomic mass is 9.92. The van der Waals surface area contributed by atoms with Crippen LogP contribution in [0, 0.1) is 0 Å². The van der Waals surface area contributed by atoms with Crippen molar-refractivity contribution in [2.45, 2.75) is 173 Å². The van der Waals surface area contributed by atoms with E-state index in [9.17, 15) is 0 Å². The maximum Gasteiger partial charge on any atom is -0.0276 e. The zero-order chi connectivity index (χ0) is 26.8. The summed E-state index contributed by atoms with van der Waals surface area (Å²) >= 11 is 0. The molecular weight excluding hydrogens is 468 g/mol. The van der Waals surface area contributed by atoms with Gasteiger partial charge in [-0.15, -0.1) is 0 Å². The van der Waals surface area contributed by atoms with E-state index >= 15 is 0 Å². The second-order valence-electron chi connectivity index (χ2n) is 13.1. The van der Waals surface area contributed by atoms with E-state index in [2.05, 4.69) is 36.4 Å². The molecule has 2 aromatic rings. The molecule has 0 heteroatoms. The molecule has 39 heavy (non-hydrogen) atoms. The molecule has 0 atom stereocenters. The molecule has 0 heterocycles. The number of benzene rings is 2. The van der Waals surface area contributed by atoms with Crippen LogP contribution >= 0.6 is 0 Å². The van der Waals surface area contributed by atoms with E-state index in [1.165, 1.54) is 173 Å². The average Bonchev–Trinajstić information content (AvgIpc) is 2.95. The van der Waals surface area contributed by atoms with E-state index in [0.29, 0.717) is 0 Å². The first-order valence-electron chi connectivity index (χ1n) is 17.6. The highest BCUT2D eigenvalue weighted by Crippen LogP contribution is 2.24. The second-order valence-corrected chi connectivity index (χ2v) is 13.1. The molecular formula is C39H60. The predicted molar refractivity (Wildman–Crippen MR) is 172 cm³/mol. The van der Waals surface area contributed by atoms with Gasteiger partial charge in [-0.2, -0.15) is 0 Å². The van der Waals surface area contributed by atoms with E-state index in [0.717, 1.165) is 0 Å². The Bertz CT molecular complexity index is 848. The Morgan fingerprint density at radius 3 is 0.821 bits per heavy atom. The number of aryl methyl sites for hydroxylation is 6. The molecule has 0 fully saturated rings. The van der Waals surface area contributed by atoms with Gasteiger partial charge in [-0.25, -0.2) is 0 Å². The SMILES string of the molecule is c1cc2c3cc1CCCCCCCCCc1ccc(c(c1)CCCCCCCCC3)CCCCCCCCC2. The van der Waals surface area contributed by atoms with Gasteiger partial charge in [0.2, 0.25) is 0 Å². The minimum atomic E-state index is 1.28. The Balaban J connectivity index is 1.45. The highest BCUT2D eigenvalue weighted by Gasteiger charge is 2.08. The summed E-state index contributed by atoms with van der Waals surface area (Å²) in [7, 11) is 0. The van der Waals surface area contributed by atoms with Crippen molar-refractivity contribution in [2.75, 3.05) is 0 Å². The van der Waals surface area contributed by atoms with Gasteiger partial charge in [-0.05, 0) is 110 Å². The molecule has 4 rings (SSSR count). The quantitative estimate of drug-likeness (QED) is 0.319. The van der Waals surface area contributed by atoms with Crippen LogP contribution in [0.5, 0.6) is 0 Å². The Labute approximate surface area is 242 Å². The maximum atomic E-state index is 2.62. The molecule has 0 amide bonds. The van der Waals surface area contributed by atoms with Gasteiger partial charge in [0.15, 0.2) is 0 Å². The summed E-state index contributed by atoms with van der Waals surface area (Å²) in [6.07, 6.45) is 37.3. The summed E-state index contributed by atoms with van der Waals surface area (Å²) in [5, 5.41) is 0. The molecule has 2 aliphatic carbocycles. The molecule has 2 aliphatic rings. The van der Waals surface area contributed by atoms with Crippen LogP contribution in [0.25, 0.3) is 0 Å². The van der Waals surface area contributed by atoms with Crippen LogP contribution in [0.1, 0.15) is 168 Å². The molecule has 4 bridgehead atoms. The van der Waals surface area contributed by atoms with Gasteiger partial charge in [0.05, 0.1) is 0 Å². The first-order chi connectivity index (χ1) is 19.4.